The molecule has 0 aliphatic rings. The molecule has 11 rings (SSSR count). The van der Waals surface area contributed by atoms with Crippen molar-refractivity contribution in [2.45, 2.75) is 86.0 Å². The van der Waals surface area contributed by atoms with Gasteiger partial charge in [-0.05, 0) is 108 Å². The molecular weight excluding hydrogens is 1080 g/mol. The molecule has 1 unspecified atom stereocenters. The minimum atomic E-state index is -0.450. The third kappa shape index (κ3) is 9.55. The number of para-hydroxylation sites is 2. The maximum Gasteiger partial charge on any atom is 0.268 e. The zero-order valence-corrected chi connectivity index (χ0v) is 45.9. The number of rotatable bonds is 9. The Morgan fingerprint density at radius 1 is 0.581 bits per heavy atom. The smallest absolute Gasteiger partial charge is 0.268 e. The number of pyridine rings is 1. The molecule has 0 saturated carbocycles. The number of ether oxygens (including phenoxy) is 1. The molecule has 0 amide bonds. The monoisotopic (exact) mass is 1150 g/mol. The van der Waals surface area contributed by atoms with Gasteiger partial charge in [0.05, 0.1) is 23.6 Å². The third-order valence-electron chi connectivity index (χ3n) is 14.3. The van der Waals surface area contributed by atoms with Gasteiger partial charge in [-0.15, -0.1) is 29.7 Å². The molecule has 0 spiro atoms. The minimum absolute atomic E-state index is 0. The topological polar surface area (TPSA) is 35.9 Å². The van der Waals surface area contributed by atoms with Crippen LogP contribution in [-0.2, 0) is 31.9 Å². The van der Waals surface area contributed by atoms with E-state index in [9.17, 15) is 2.74 Å². The Morgan fingerprint density at radius 3 is 1.97 bits per heavy atom. The maximum absolute atomic E-state index is 9.33. The Balaban J connectivity index is 0.00000704. The molecule has 0 bridgehead atoms. The van der Waals surface area contributed by atoms with Crippen LogP contribution >= 0.6 is 0 Å². The van der Waals surface area contributed by atoms with E-state index < -0.39 is 18.1 Å². The molecule has 11 aromatic rings. The van der Waals surface area contributed by atoms with Crippen molar-refractivity contribution in [1.82, 2.24) is 14.1 Å². The van der Waals surface area contributed by atoms with E-state index in [0.29, 0.717) is 34.4 Å². The van der Waals surface area contributed by atoms with E-state index in [2.05, 4.69) is 183 Å². The van der Waals surface area contributed by atoms with Gasteiger partial charge in [0.25, 0.3) is 6.33 Å². The van der Waals surface area contributed by atoms with E-state index in [0.717, 1.165) is 72.0 Å². The molecule has 372 valence electrons. The maximum atomic E-state index is 9.33. The van der Waals surface area contributed by atoms with Gasteiger partial charge in [0.1, 0.15) is 5.82 Å². The summed E-state index contributed by atoms with van der Waals surface area (Å²) in [6.07, 6.45) is 5.64. The van der Waals surface area contributed by atoms with E-state index in [4.69, 9.17) is 13.8 Å². The Hall–Kier alpha value is -7.33. The summed E-state index contributed by atoms with van der Waals surface area (Å²) in [5.41, 5.74) is 12.1. The summed E-state index contributed by atoms with van der Waals surface area (Å²) in [6, 6.07) is 56.9. The zero-order chi connectivity index (χ0) is 55.2. The molecule has 0 fully saturated rings. The fourth-order valence-electron chi connectivity index (χ4n) is 9.76. The largest absolute Gasteiger partial charge is 0.510 e. The van der Waals surface area contributed by atoms with Gasteiger partial charge in [-0.1, -0.05) is 202 Å². The fraction of sp³-hybridized carbons (Fsp3) is 0.206. The molecule has 0 aliphatic carbocycles. The van der Waals surface area contributed by atoms with Crippen LogP contribution in [-0.4, -0.2) is 14.1 Å². The van der Waals surface area contributed by atoms with Gasteiger partial charge in [0, 0.05) is 44.3 Å². The second-order valence-electron chi connectivity index (χ2n) is 22.3. The second-order valence-corrected chi connectivity index (χ2v) is 22.3. The van der Waals surface area contributed by atoms with Crippen LogP contribution < -0.4 is 9.30 Å². The first-order valence-electron chi connectivity index (χ1n) is 27.6. The summed E-state index contributed by atoms with van der Waals surface area (Å²) in [5.74, 6) is 2.06. The summed E-state index contributed by atoms with van der Waals surface area (Å²) in [5, 5.41) is 2.12. The standard InChI is InChI=1S/C68H62N4O.Pt/c1-45(66(2,3)4)48-35-36-69-64(40-48)72-60-30-18-17-27-58(60)59-33-32-55(43-62(59)72)73-54-26-19-25-53(42-54)70-44-71(61-34-31-49(39-63(61)70)46-21-13-11-14-22-46)65-56(47-23-15-12-16-24-47)28-20-29-57(65)50-37-51(67(5,6)7)41-52(38-50)68(8,9)10;/h11-41,45H,1-10H3;/q-2;/i12D,15D,16D,23D,24D;. The summed E-state index contributed by atoms with van der Waals surface area (Å²) < 4.78 is 57.7. The van der Waals surface area contributed by atoms with Crippen molar-refractivity contribution in [2.75, 3.05) is 0 Å². The normalized spacial score (nSPS) is 13.5. The second kappa shape index (κ2) is 19.5. The summed E-state index contributed by atoms with van der Waals surface area (Å²) in [4.78, 5) is 4.92. The fourth-order valence-corrected chi connectivity index (χ4v) is 9.76. The number of nitrogens with zero attached hydrogens (tertiary/aromatic N) is 4. The van der Waals surface area contributed by atoms with Crippen molar-refractivity contribution in [3.8, 4) is 62.1 Å². The van der Waals surface area contributed by atoms with E-state index in [1.165, 1.54) is 5.56 Å². The van der Waals surface area contributed by atoms with Gasteiger partial charge in [-0.3, -0.25) is 4.57 Å². The van der Waals surface area contributed by atoms with E-state index >= 15 is 0 Å². The molecule has 0 N–H and O–H groups in total. The molecule has 0 saturated heterocycles. The average molecular weight is 1150 g/mol. The minimum Gasteiger partial charge on any atom is -0.510 e. The number of benzene rings is 8. The summed E-state index contributed by atoms with van der Waals surface area (Å²) in [7, 11) is 0. The van der Waals surface area contributed by atoms with E-state index in [1.54, 1.807) is 0 Å². The Kier molecular flexibility index (Phi) is 11.6. The van der Waals surface area contributed by atoms with Crippen molar-refractivity contribution in [3.05, 3.63) is 223 Å². The van der Waals surface area contributed by atoms with Crippen molar-refractivity contribution >= 4 is 32.8 Å². The third-order valence-corrected chi connectivity index (χ3v) is 14.3. The van der Waals surface area contributed by atoms with Crippen LogP contribution in [0.3, 0.4) is 0 Å². The molecule has 6 heteroatoms. The molecule has 0 aliphatic heterocycles. The van der Waals surface area contributed by atoms with Crippen molar-refractivity contribution in [2.24, 2.45) is 5.41 Å². The SMILES string of the molecule is [2H]c1c([2H])c([2H])c(-c2cccc(-c3cc(C(C)(C)C)cc(C(C)(C)C)c3)c2-[n+]2[c-]n(-c3[c-]c(Oc4[c-]c5c(cc4)c4ccccc4n5-c4cc(C(C)C(C)(C)C)ccn4)ccc3)c3cc(-c4ccccc4)ccc32)c([2H])c1[2H].[Pt]. The number of hydrogen-bond acceptors (Lipinski definition) is 2. The summed E-state index contributed by atoms with van der Waals surface area (Å²) in [6.45, 7) is 22.3. The van der Waals surface area contributed by atoms with Crippen molar-refractivity contribution < 1.29 is 37.2 Å². The Morgan fingerprint density at radius 2 is 1.26 bits per heavy atom. The van der Waals surface area contributed by atoms with Crippen LogP contribution in [0, 0.1) is 23.9 Å². The van der Waals surface area contributed by atoms with Crippen LogP contribution in [0.5, 0.6) is 11.5 Å². The molecule has 3 heterocycles. The summed E-state index contributed by atoms with van der Waals surface area (Å²) >= 11 is 0. The van der Waals surface area contributed by atoms with Crippen LogP contribution in [0.4, 0.5) is 0 Å². The zero-order valence-electron chi connectivity index (χ0n) is 48.6. The Labute approximate surface area is 458 Å². The molecule has 8 aromatic carbocycles. The molecule has 74 heavy (non-hydrogen) atoms. The van der Waals surface area contributed by atoms with Crippen molar-refractivity contribution in [1.29, 1.82) is 0 Å². The first kappa shape index (κ1) is 44.2. The molecule has 1 atom stereocenters. The number of aromatic nitrogens is 4. The van der Waals surface area contributed by atoms with Gasteiger partial charge in [-0.2, -0.15) is 18.2 Å². The predicted molar refractivity (Wildman–Crippen MR) is 302 cm³/mol. The van der Waals surface area contributed by atoms with E-state index in [-0.39, 0.29) is 55.0 Å². The van der Waals surface area contributed by atoms with Gasteiger partial charge in [0.2, 0.25) is 0 Å². The molecule has 5 nitrogen and oxygen atoms in total. The van der Waals surface area contributed by atoms with Gasteiger partial charge in [0.15, 0.2) is 0 Å². The molecular formula is C68H62N4OPt-2. The quantitative estimate of drug-likeness (QED) is 0.107. The van der Waals surface area contributed by atoms with Crippen LogP contribution in [0.1, 0.15) is 98.7 Å². The van der Waals surface area contributed by atoms with Gasteiger partial charge in [-0.25, -0.2) is 4.98 Å². The van der Waals surface area contributed by atoms with Gasteiger partial charge >= 0.3 is 0 Å². The number of fused-ring (bicyclic) bond motifs is 4. The molecule has 0 radical (unpaired) electrons. The van der Waals surface area contributed by atoms with Gasteiger partial charge < -0.3 is 13.9 Å². The Bertz CT molecular complexity index is 4100. The first-order chi connectivity index (χ1) is 37.1. The first-order valence-corrected chi connectivity index (χ1v) is 25.1. The van der Waals surface area contributed by atoms with Crippen molar-refractivity contribution in [3.63, 3.8) is 0 Å². The van der Waals surface area contributed by atoms with Crippen LogP contribution in [0.25, 0.3) is 83.4 Å². The molecule has 3 aromatic heterocycles. The number of hydrogen-bond donors (Lipinski definition) is 0. The average Bonchev–Trinajstić information content (AvgIpc) is 3.98. The van der Waals surface area contributed by atoms with Crippen LogP contribution in [0.15, 0.2) is 188 Å². The number of imidazole rings is 1. The predicted octanol–water partition coefficient (Wildman–Crippen LogP) is 17.3. The van der Waals surface area contributed by atoms with E-state index in [1.807, 2.05) is 76.0 Å². The van der Waals surface area contributed by atoms with Crippen LogP contribution in [0.2, 0.25) is 0 Å².